The second-order valence-electron chi connectivity index (χ2n) is 6.77. The van der Waals surface area contributed by atoms with Gasteiger partial charge in [-0.2, -0.15) is 10.4 Å². The smallest absolute Gasteiger partial charge is 0.0991 e. The molecule has 126 valence electrons. The van der Waals surface area contributed by atoms with E-state index >= 15 is 0 Å². The van der Waals surface area contributed by atoms with Gasteiger partial charge in [0.15, 0.2) is 0 Å². The average molecular weight is 324 g/mol. The van der Waals surface area contributed by atoms with E-state index in [0.717, 1.165) is 37.2 Å². The fourth-order valence-corrected chi connectivity index (χ4v) is 3.45. The SMILES string of the molecule is C[C@H]1CC[C@H](CO)CN1Cc1cn(C)nc1-c1ccc(C#N)cc1. The summed E-state index contributed by atoms with van der Waals surface area (Å²) in [7, 11) is 1.94. The molecule has 24 heavy (non-hydrogen) atoms. The molecule has 0 bridgehead atoms. The molecule has 2 heterocycles. The van der Waals surface area contributed by atoms with Crippen LogP contribution in [0.5, 0.6) is 0 Å². The molecule has 1 saturated heterocycles. The highest BCUT2D eigenvalue weighted by Crippen LogP contribution is 2.28. The first-order valence-corrected chi connectivity index (χ1v) is 8.48. The number of rotatable bonds is 4. The molecule has 1 aromatic carbocycles. The third-order valence-electron chi connectivity index (χ3n) is 4.93. The summed E-state index contributed by atoms with van der Waals surface area (Å²) < 4.78 is 1.85. The lowest BCUT2D eigenvalue weighted by molar-refractivity contribution is 0.0772. The van der Waals surface area contributed by atoms with Gasteiger partial charge in [0.1, 0.15) is 0 Å². The van der Waals surface area contributed by atoms with Gasteiger partial charge in [-0.05, 0) is 37.8 Å². The lowest BCUT2D eigenvalue weighted by Crippen LogP contribution is -2.42. The summed E-state index contributed by atoms with van der Waals surface area (Å²) in [4.78, 5) is 2.44. The molecule has 1 aromatic heterocycles. The fraction of sp³-hybridized carbons (Fsp3) is 0.474. The highest BCUT2D eigenvalue weighted by molar-refractivity contribution is 5.63. The molecule has 1 aliphatic rings. The van der Waals surface area contributed by atoms with Gasteiger partial charge in [0, 0.05) is 50.1 Å². The van der Waals surface area contributed by atoms with E-state index in [4.69, 9.17) is 5.26 Å². The van der Waals surface area contributed by atoms with Gasteiger partial charge in [-0.25, -0.2) is 0 Å². The van der Waals surface area contributed by atoms with Crippen molar-refractivity contribution in [3.8, 4) is 17.3 Å². The van der Waals surface area contributed by atoms with Crippen molar-refractivity contribution in [1.29, 1.82) is 5.26 Å². The Morgan fingerprint density at radius 2 is 2.04 bits per heavy atom. The van der Waals surface area contributed by atoms with Crippen molar-refractivity contribution in [1.82, 2.24) is 14.7 Å². The summed E-state index contributed by atoms with van der Waals surface area (Å²) in [5, 5.41) is 23.1. The number of hydrogen-bond donors (Lipinski definition) is 1. The Morgan fingerprint density at radius 3 is 2.71 bits per heavy atom. The van der Waals surface area contributed by atoms with Gasteiger partial charge in [0.25, 0.3) is 0 Å². The molecule has 0 aliphatic carbocycles. The van der Waals surface area contributed by atoms with Gasteiger partial charge < -0.3 is 5.11 Å². The highest BCUT2D eigenvalue weighted by Gasteiger charge is 2.26. The van der Waals surface area contributed by atoms with Gasteiger partial charge >= 0.3 is 0 Å². The van der Waals surface area contributed by atoms with Crippen LogP contribution < -0.4 is 0 Å². The first kappa shape index (κ1) is 16.7. The van der Waals surface area contributed by atoms with E-state index in [-0.39, 0.29) is 6.61 Å². The summed E-state index contributed by atoms with van der Waals surface area (Å²) in [6, 6.07) is 10.2. The van der Waals surface area contributed by atoms with Gasteiger partial charge in [-0.3, -0.25) is 9.58 Å². The Balaban J connectivity index is 1.84. The van der Waals surface area contributed by atoms with Crippen LogP contribution >= 0.6 is 0 Å². The van der Waals surface area contributed by atoms with E-state index in [9.17, 15) is 5.11 Å². The number of aliphatic hydroxyl groups excluding tert-OH is 1. The summed E-state index contributed by atoms with van der Waals surface area (Å²) in [5.41, 5.74) is 3.85. The normalized spacial score (nSPS) is 21.6. The van der Waals surface area contributed by atoms with Gasteiger partial charge in [-0.1, -0.05) is 12.1 Å². The number of hydrogen-bond acceptors (Lipinski definition) is 4. The molecule has 0 amide bonds. The van der Waals surface area contributed by atoms with Crippen LogP contribution in [0.3, 0.4) is 0 Å². The molecule has 1 aliphatic heterocycles. The quantitative estimate of drug-likeness (QED) is 0.939. The van der Waals surface area contributed by atoms with Crippen LogP contribution in [0.15, 0.2) is 30.5 Å². The van der Waals surface area contributed by atoms with Crippen molar-refractivity contribution in [2.45, 2.75) is 32.4 Å². The van der Waals surface area contributed by atoms with Crippen LogP contribution in [-0.4, -0.2) is 39.0 Å². The number of nitrogens with zero attached hydrogens (tertiary/aromatic N) is 4. The predicted molar refractivity (Wildman–Crippen MR) is 93.0 cm³/mol. The number of benzene rings is 1. The standard InChI is InChI=1S/C19H24N4O/c1-14-3-4-16(13-24)10-23(14)12-18-11-22(2)21-19(18)17-7-5-15(9-20)6-8-17/h5-8,11,14,16,24H,3-4,10,12-13H2,1-2H3/t14-,16-/m0/s1. The van der Waals surface area contributed by atoms with Crippen LogP contribution in [-0.2, 0) is 13.6 Å². The van der Waals surface area contributed by atoms with Crippen LogP contribution in [0.2, 0.25) is 0 Å². The summed E-state index contributed by atoms with van der Waals surface area (Å²) in [6.45, 7) is 4.28. The lowest BCUT2D eigenvalue weighted by atomic mass is 9.93. The number of aryl methyl sites for hydroxylation is 1. The Hall–Kier alpha value is -2.16. The molecule has 3 rings (SSSR count). The second-order valence-corrected chi connectivity index (χ2v) is 6.77. The van der Waals surface area contributed by atoms with Crippen molar-refractivity contribution >= 4 is 0 Å². The van der Waals surface area contributed by atoms with Crippen molar-refractivity contribution < 1.29 is 5.11 Å². The summed E-state index contributed by atoms with van der Waals surface area (Å²) in [5.74, 6) is 0.372. The first-order valence-electron chi connectivity index (χ1n) is 8.48. The molecular weight excluding hydrogens is 300 g/mol. The van der Waals surface area contributed by atoms with Crippen molar-refractivity contribution in [3.05, 3.63) is 41.6 Å². The summed E-state index contributed by atoms with van der Waals surface area (Å²) >= 11 is 0. The van der Waals surface area contributed by atoms with Crippen LogP contribution in [0, 0.1) is 17.2 Å². The molecule has 5 nitrogen and oxygen atoms in total. The zero-order chi connectivity index (χ0) is 17.1. The van der Waals surface area contributed by atoms with Crippen molar-refractivity contribution in [3.63, 3.8) is 0 Å². The van der Waals surface area contributed by atoms with E-state index in [1.54, 1.807) is 0 Å². The van der Waals surface area contributed by atoms with E-state index in [0.29, 0.717) is 17.5 Å². The third kappa shape index (κ3) is 3.50. The molecule has 2 aromatic rings. The van der Waals surface area contributed by atoms with Crippen molar-refractivity contribution in [2.75, 3.05) is 13.2 Å². The Morgan fingerprint density at radius 1 is 1.29 bits per heavy atom. The minimum atomic E-state index is 0.263. The zero-order valence-corrected chi connectivity index (χ0v) is 14.3. The predicted octanol–water partition coefficient (Wildman–Crippen LogP) is 2.55. The molecule has 1 N–H and O–H groups in total. The van der Waals surface area contributed by atoms with E-state index in [1.807, 2.05) is 36.0 Å². The van der Waals surface area contributed by atoms with Gasteiger partial charge in [-0.15, -0.1) is 0 Å². The lowest BCUT2D eigenvalue weighted by Gasteiger charge is -2.37. The van der Waals surface area contributed by atoms with Gasteiger partial charge in [0.05, 0.1) is 17.3 Å². The molecular formula is C19H24N4O. The number of aromatic nitrogens is 2. The van der Waals surface area contributed by atoms with Crippen LogP contribution in [0.1, 0.15) is 30.9 Å². The average Bonchev–Trinajstić information content (AvgIpc) is 2.97. The van der Waals surface area contributed by atoms with E-state index < -0.39 is 0 Å². The molecule has 0 unspecified atom stereocenters. The second kappa shape index (κ2) is 7.16. The number of likely N-dealkylation sites (tertiary alicyclic amines) is 1. The zero-order valence-electron chi connectivity index (χ0n) is 14.3. The summed E-state index contributed by atoms with van der Waals surface area (Å²) in [6.07, 6.45) is 4.30. The van der Waals surface area contributed by atoms with Gasteiger partial charge in [0.2, 0.25) is 0 Å². The Bertz CT molecular complexity index is 729. The molecule has 0 radical (unpaired) electrons. The molecule has 0 spiro atoms. The number of piperidine rings is 1. The largest absolute Gasteiger partial charge is 0.396 e. The molecule has 5 heteroatoms. The van der Waals surface area contributed by atoms with E-state index in [1.165, 1.54) is 5.56 Å². The molecule has 0 saturated carbocycles. The number of nitriles is 1. The Kier molecular flexibility index (Phi) is 4.98. The Labute approximate surface area is 143 Å². The van der Waals surface area contributed by atoms with Crippen LogP contribution in [0.25, 0.3) is 11.3 Å². The minimum Gasteiger partial charge on any atom is -0.396 e. The third-order valence-corrected chi connectivity index (χ3v) is 4.93. The highest BCUT2D eigenvalue weighted by atomic mass is 16.3. The maximum absolute atomic E-state index is 9.48. The number of aliphatic hydroxyl groups is 1. The fourth-order valence-electron chi connectivity index (χ4n) is 3.45. The molecule has 1 fully saturated rings. The van der Waals surface area contributed by atoms with Crippen LogP contribution in [0.4, 0.5) is 0 Å². The monoisotopic (exact) mass is 324 g/mol. The van der Waals surface area contributed by atoms with E-state index in [2.05, 4.69) is 29.2 Å². The first-order chi connectivity index (χ1) is 11.6. The topological polar surface area (TPSA) is 65.1 Å². The maximum Gasteiger partial charge on any atom is 0.0991 e. The minimum absolute atomic E-state index is 0.263. The molecule has 2 atom stereocenters. The van der Waals surface area contributed by atoms with Crippen molar-refractivity contribution in [2.24, 2.45) is 13.0 Å². The maximum atomic E-state index is 9.48.